The minimum atomic E-state index is -3.71. The summed E-state index contributed by atoms with van der Waals surface area (Å²) in [7, 11) is -3.71. The maximum atomic E-state index is 13.4. The second kappa shape index (κ2) is 7.15. The van der Waals surface area contributed by atoms with E-state index in [2.05, 4.69) is 0 Å². The van der Waals surface area contributed by atoms with E-state index in [1.165, 1.54) is 16.4 Å². The molecule has 0 aromatic heterocycles. The maximum absolute atomic E-state index is 13.4. The number of nitrogens with two attached hydrogens (primary N) is 1. The zero-order valence-electron chi connectivity index (χ0n) is 12.3. The van der Waals surface area contributed by atoms with Gasteiger partial charge in [-0.2, -0.15) is 4.31 Å². The van der Waals surface area contributed by atoms with Gasteiger partial charge in [-0.3, -0.25) is 0 Å². The van der Waals surface area contributed by atoms with Gasteiger partial charge in [-0.25, -0.2) is 12.8 Å². The number of rotatable bonds is 7. The quantitative estimate of drug-likeness (QED) is 0.841. The van der Waals surface area contributed by atoms with Gasteiger partial charge in [0, 0.05) is 19.6 Å². The van der Waals surface area contributed by atoms with Gasteiger partial charge < -0.3 is 5.73 Å². The van der Waals surface area contributed by atoms with E-state index in [9.17, 15) is 12.8 Å². The second-order valence-electron chi connectivity index (χ2n) is 4.93. The molecule has 0 saturated heterocycles. The first-order chi connectivity index (χ1) is 9.36. The van der Waals surface area contributed by atoms with E-state index in [0.717, 1.165) is 12.5 Å². The van der Waals surface area contributed by atoms with Crippen LogP contribution in [0.2, 0.25) is 0 Å². The highest BCUT2D eigenvalue weighted by molar-refractivity contribution is 7.89. The van der Waals surface area contributed by atoms with Crippen molar-refractivity contribution in [3.05, 3.63) is 29.6 Å². The summed E-state index contributed by atoms with van der Waals surface area (Å²) in [5, 5.41) is 0. The summed E-state index contributed by atoms with van der Waals surface area (Å²) in [6.45, 7) is 6.63. The Morgan fingerprint density at radius 3 is 2.50 bits per heavy atom. The zero-order chi connectivity index (χ0) is 15.3. The average molecular weight is 302 g/mol. The van der Waals surface area contributed by atoms with E-state index in [1.807, 2.05) is 13.8 Å². The topological polar surface area (TPSA) is 63.4 Å². The summed E-state index contributed by atoms with van der Waals surface area (Å²) in [5.41, 5.74) is 6.00. The van der Waals surface area contributed by atoms with Crippen LogP contribution in [0.4, 0.5) is 4.39 Å². The first-order valence-electron chi connectivity index (χ1n) is 6.85. The Kier molecular flexibility index (Phi) is 6.10. The Morgan fingerprint density at radius 1 is 1.35 bits per heavy atom. The zero-order valence-corrected chi connectivity index (χ0v) is 13.1. The monoisotopic (exact) mass is 302 g/mol. The molecule has 1 aromatic rings. The van der Waals surface area contributed by atoms with Crippen molar-refractivity contribution in [1.82, 2.24) is 4.31 Å². The van der Waals surface area contributed by atoms with Crippen molar-refractivity contribution >= 4 is 10.0 Å². The predicted molar refractivity (Wildman–Crippen MR) is 78.2 cm³/mol. The lowest BCUT2D eigenvalue weighted by Crippen LogP contribution is -2.35. The summed E-state index contributed by atoms with van der Waals surface area (Å²) in [6.07, 6.45) is 0.888. The first kappa shape index (κ1) is 17.1. The summed E-state index contributed by atoms with van der Waals surface area (Å²) in [5.74, 6) is -0.319. The average Bonchev–Trinajstić information content (AvgIpc) is 2.44. The standard InChI is InChI=1S/C14H23FN2O2S/c1-4-11(3)10-17(5-2)20(18,19)14-8-13(15)7-6-12(14)9-16/h6-8,11H,4-5,9-10,16H2,1-3H3. The molecule has 0 fully saturated rings. The summed E-state index contributed by atoms with van der Waals surface area (Å²) >= 11 is 0. The van der Waals surface area contributed by atoms with Crippen molar-refractivity contribution in [3.63, 3.8) is 0 Å². The van der Waals surface area contributed by atoms with Crippen LogP contribution in [0.15, 0.2) is 23.1 Å². The van der Waals surface area contributed by atoms with E-state index in [1.54, 1.807) is 6.92 Å². The highest BCUT2D eigenvalue weighted by atomic mass is 32.2. The molecular formula is C14H23FN2O2S. The van der Waals surface area contributed by atoms with Gasteiger partial charge in [0.25, 0.3) is 0 Å². The van der Waals surface area contributed by atoms with Crippen molar-refractivity contribution in [3.8, 4) is 0 Å². The van der Waals surface area contributed by atoms with Crippen LogP contribution in [0.5, 0.6) is 0 Å². The fourth-order valence-electron chi connectivity index (χ4n) is 1.95. The number of halogens is 1. The molecule has 0 aliphatic heterocycles. The molecule has 0 bridgehead atoms. The maximum Gasteiger partial charge on any atom is 0.243 e. The smallest absolute Gasteiger partial charge is 0.243 e. The number of hydrogen-bond acceptors (Lipinski definition) is 3. The van der Waals surface area contributed by atoms with Gasteiger partial charge in [-0.15, -0.1) is 0 Å². The summed E-state index contributed by atoms with van der Waals surface area (Å²) in [6, 6.07) is 3.71. The molecule has 1 atom stereocenters. The number of benzene rings is 1. The summed E-state index contributed by atoms with van der Waals surface area (Å²) in [4.78, 5) is -0.0230. The van der Waals surface area contributed by atoms with Crippen molar-refractivity contribution in [2.75, 3.05) is 13.1 Å². The molecule has 0 aliphatic carbocycles. The Morgan fingerprint density at radius 2 is 2.00 bits per heavy atom. The third kappa shape index (κ3) is 3.77. The van der Waals surface area contributed by atoms with E-state index >= 15 is 0 Å². The van der Waals surface area contributed by atoms with Gasteiger partial charge in [0.05, 0.1) is 4.90 Å². The lowest BCUT2D eigenvalue weighted by atomic mass is 10.1. The molecule has 114 valence electrons. The number of hydrogen-bond donors (Lipinski definition) is 1. The Balaban J connectivity index is 3.23. The second-order valence-corrected chi connectivity index (χ2v) is 6.83. The van der Waals surface area contributed by atoms with Crippen LogP contribution in [0, 0.1) is 11.7 Å². The molecule has 0 spiro atoms. The highest BCUT2D eigenvalue weighted by Gasteiger charge is 2.26. The lowest BCUT2D eigenvalue weighted by molar-refractivity contribution is 0.361. The van der Waals surface area contributed by atoms with Crippen LogP contribution >= 0.6 is 0 Å². The molecule has 0 radical (unpaired) electrons. The molecule has 4 nitrogen and oxygen atoms in total. The van der Waals surface area contributed by atoms with Gasteiger partial charge in [0.15, 0.2) is 0 Å². The fourth-order valence-corrected chi connectivity index (χ4v) is 3.76. The molecule has 0 saturated carbocycles. The van der Waals surface area contributed by atoms with Crippen molar-refractivity contribution < 1.29 is 12.8 Å². The molecule has 0 amide bonds. The van der Waals surface area contributed by atoms with E-state index in [4.69, 9.17) is 5.73 Å². The normalized spacial score (nSPS) is 13.7. The first-order valence-corrected chi connectivity index (χ1v) is 8.29. The van der Waals surface area contributed by atoms with Crippen LogP contribution in [0.3, 0.4) is 0 Å². The number of nitrogens with zero attached hydrogens (tertiary/aromatic N) is 1. The van der Waals surface area contributed by atoms with Gasteiger partial charge >= 0.3 is 0 Å². The Labute approximate surface area is 120 Å². The van der Waals surface area contributed by atoms with Crippen LogP contribution in [0.25, 0.3) is 0 Å². The van der Waals surface area contributed by atoms with Crippen molar-refractivity contribution in [2.45, 2.75) is 38.6 Å². The Bertz CT molecular complexity index is 546. The van der Waals surface area contributed by atoms with Gasteiger partial charge in [-0.1, -0.05) is 33.3 Å². The van der Waals surface area contributed by atoms with E-state index < -0.39 is 15.8 Å². The molecule has 0 heterocycles. The lowest BCUT2D eigenvalue weighted by Gasteiger charge is -2.24. The molecule has 1 rings (SSSR count). The van der Waals surface area contributed by atoms with Crippen molar-refractivity contribution in [2.24, 2.45) is 11.7 Å². The molecular weight excluding hydrogens is 279 g/mol. The SMILES string of the molecule is CCC(C)CN(CC)S(=O)(=O)c1cc(F)ccc1CN. The fraction of sp³-hybridized carbons (Fsp3) is 0.571. The Hall–Kier alpha value is -0.980. The molecule has 6 heteroatoms. The van der Waals surface area contributed by atoms with Gasteiger partial charge in [0.1, 0.15) is 5.82 Å². The van der Waals surface area contributed by atoms with Crippen LogP contribution in [-0.4, -0.2) is 25.8 Å². The minimum Gasteiger partial charge on any atom is -0.326 e. The molecule has 1 unspecified atom stereocenters. The van der Waals surface area contributed by atoms with Gasteiger partial charge in [-0.05, 0) is 23.6 Å². The molecule has 0 aliphatic rings. The van der Waals surface area contributed by atoms with E-state index in [0.29, 0.717) is 18.7 Å². The van der Waals surface area contributed by atoms with E-state index in [-0.39, 0.29) is 17.4 Å². The predicted octanol–water partition coefficient (Wildman–Crippen LogP) is 2.34. The summed E-state index contributed by atoms with van der Waals surface area (Å²) < 4.78 is 40.1. The largest absolute Gasteiger partial charge is 0.326 e. The third-order valence-electron chi connectivity index (χ3n) is 3.43. The van der Waals surface area contributed by atoms with Gasteiger partial charge in [0.2, 0.25) is 10.0 Å². The molecule has 1 aromatic carbocycles. The number of sulfonamides is 1. The van der Waals surface area contributed by atoms with Crippen LogP contribution in [0.1, 0.15) is 32.8 Å². The molecule has 2 N–H and O–H groups in total. The molecule has 20 heavy (non-hydrogen) atoms. The van der Waals surface area contributed by atoms with Crippen LogP contribution < -0.4 is 5.73 Å². The minimum absolute atomic E-state index is 0.0230. The van der Waals surface area contributed by atoms with Crippen molar-refractivity contribution in [1.29, 1.82) is 0 Å². The third-order valence-corrected chi connectivity index (χ3v) is 5.45. The van der Waals surface area contributed by atoms with Crippen LogP contribution in [-0.2, 0) is 16.6 Å². The highest BCUT2D eigenvalue weighted by Crippen LogP contribution is 2.22.